The van der Waals surface area contributed by atoms with Gasteiger partial charge in [0.2, 0.25) is 5.95 Å². The molecule has 4 nitrogen and oxygen atoms in total. The third kappa shape index (κ3) is 2.75. The minimum atomic E-state index is 0.390. The van der Waals surface area contributed by atoms with Gasteiger partial charge in [-0.2, -0.15) is 0 Å². The molecule has 4 heteroatoms. The lowest BCUT2D eigenvalue weighted by atomic mass is 9.93. The van der Waals surface area contributed by atoms with E-state index in [1.54, 1.807) is 0 Å². The Morgan fingerprint density at radius 2 is 2.24 bits per heavy atom. The van der Waals surface area contributed by atoms with Gasteiger partial charge in [0.15, 0.2) is 0 Å². The molecule has 1 saturated heterocycles. The number of nitrogens with zero attached hydrogens (tertiary/aromatic N) is 3. The molecule has 0 bridgehead atoms. The van der Waals surface area contributed by atoms with Crippen molar-refractivity contribution in [2.45, 2.75) is 33.7 Å². The summed E-state index contributed by atoms with van der Waals surface area (Å²) in [5.74, 6) is 0.882. The molecule has 2 heterocycles. The first-order valence-corrected chi connectivity index (χ1v) is 6.24. The summed E-state index contributed by atoms with van der Waals surface area (Å²) in [4.78, 5) is 11.4. The van der Waals surface area contributed by atoms with Crippen molar-refractivity contribution in [2.75, 3.05) is 25.0 Å². The fourth-order valence-electron chi connectivity index (χ4n) is 2.28. The molecule has 1 fully saturated rings. The number of hydrogen-bond donors (Lipinski definition) is 1. The van der Waals surface area contributed by atoms with Crippen molar-refractivity contribution in [3.05, 3.63) is 17.5 Å². The Labute approximate surface area is 103 Å². The smallest absolute Gasteiger partial charge is 0.225 e. The second-order valence-electron chi connectivity index (χ2n) is 5.65. The highest BCUT2D eigenvalue weighted by Gasteiger charge is 2.30. The molecule has 1 aliphatic rings. The Morgan fingerprint density at radius 1 is 1.47 bits per heavy atom. The van der Waals surface area contributed by atoms with Crippen LogP contribution in [0.25, 0.3) is 0 Å². The lowest BCUT2D eigenvalue weighted by Gasteiger charge is -2.20. The highest BCUT2D eigenvalue weighted by Crippen LogP contribution is 2.30. The minimum Gasteiger partial charge on any atom is -0.340 e. The number of hydrogen-bond acceptors (Lipinski definition) is 4. The van der Waals surface area contributed by atoms with Gasteiger partial charge >= 0.3 is 0 Å². The summed E-state index contributed by atoms with van der Waals surface area (Å²) in [6.07, 6.45) is 3.16. The van der Waals surface area contributed by atoms with E-state index < -0.39 is 0 Å². The largest absolute Gasteiger partial charge is 0.340 e. The molecule has 94 valence electrons. The van der Waals surface area contributed by atoms with E-state index in [9.17, 15) is 0 Å². The zero-order valence-corrected chi connectivity index (χ0v) is 11.2. The van der Waals surface area contributed by atoms with Crippen LogP contribution < -0.4 is 10.2 Å². The van der Waals surface area contributed by atoms with Gasteiger partial charge in [0.25, 0.3) is 0 Å². The van der Waals surface area contributed by atoms with Crippen LogP contribution in [0.1, 0.15) is 31.5 Å². The summed E-state index contributed by atoms with van der Waals surface area (Å²) >= 11 is 0. The van der Waals surface area contributed by atoms with E-state index in [-0.39, 0.29) is 0 Å². The monoisotopic (exact) mass is 234 g/mol. The fraction of sp³-hybridized carbons (Fsp3) is 0.692. The molecule has 0 spiro atoms. The Hall–Kier alpha value is -1.16. The summed E-state index contributed by atoms with van der Waals surface area (Å²) in [6, 6.07) is 0. The third-order valence-electron chi connectivity index (χ3n) is 3.40. The van der Waals surface area contributed by atoms with Crippen molar-refractivity contribution < 1.29 is 0 Å². The first kappa shape index (κ1) is 12.3. The molecule has 1 aliphatic heterocycles. The number of rotatable bonds is 3. The number of anilines is 1. The number of aryl methyl sites for hydroxylation is 1. The number of aromatic nitrogens is 2. The topological polar surface area (TPSA) is 41.1 Å². The van der Waals surface area contributed by atoms with E-state index in [2.05, 4.69) is 41.0 Å². The van der Waals surface area contributed by atoms with Crippen LogP contribution >= 0.6 is 0 Å². The van der Waals surface area contributed by atoms with E-state index in [0.29, 0.717) is 5.41 Å². The summed E-state index contributed by atoms with van der Waals surface area (Å²) in [5.41, 5.74) is 2.64. The van der Waals surface area contributed by atoms with Gasteiger partial charge in [0, 0.05) is 37.1 Å². The molecule has 0 aliphatic carbocycles. The standard InChI is InChI=1S/C13H22N4/c1-10-11(7-14-4)8-15-12(16-10)17-6-5-13(2,3)9-17/h8,14H,5-7,9H2,1-4H3. The maximum atomic E-state index is 4.61. The van der Waals surface area contributed by atoms with E-state index in [4.69, 9.17) is 0 Å². The Morgan fingerprint density at radius 3 is 2.76 bits per heavy atom. The lowest BCUT2D eigenvalue weighted by Crippen LogP contribution is -2.25. The predicted octanol–water partition coefficient (Wildman–Crippen LogP) is 1.74. The second-order valence-corrected chi connectivity index (χ2v) is 5.65. The Balaban J connectivity index is 2.15. The lowest BCUT2D eigenvalue weighted by molar-refractivity contribution is 0.418. The van der Waals surface area contributed by atoms with Crippen molar-refractivity contribution in [1.82, 2.24) is 15.3 Å². The maximum Gasteiger partial charge on any atom is 0.225 e. The molecule has 0 amide bonds. The summed E-state index contributed by atoms with van der Waals surface area (Å²) in [7, 11) is 1.94. The van der Waals surface area contributed by atoms with Crippen LogP contribution in [-0.4, -0.2) is 30.1 Å². The van der Waals surface area contributed by atoms with E-state index in [0.717, 1.165) is 31.3 Å². The van der Waals surface area contributed by atoms with Gasteiger partial charge in [-0.3, -0.25) is 0 Å². The Bertz CT molecular complexity index is 400. The van der Waals surface area contributed by atoms with Crippen molar-refractivity contribution in [1.29, 1.82) is 0 Å². The summed E-state index contributed by atoms with van der Waals surface area (Å²) in [6.45, 7) is 9.61. The molecule has 0 atom stereocenters. The van der Waals surface area contributed by atoms with Crippen LogP contribution in [0.3, 0.4) is 0 Å². The third-order valence-corrected chi connectivity index (χ3v) is 3.40. The number of nitrogens with one attached hydrogen (secondary N) is 1. The second kappa shape index (κ2) is 4.61. The summed E-state index contributed by atoms with van der Waals surface area (Å²) in [5, 5.41) is 3.13. The van der Waals surface area contributed by atoms with Crippen LogP contribution in [0.4, 0.5) is 5.95 Å². The minimum absolute atomic E-state index is 0.390. The highest BCUT2D eigenvalue weighted by molar-refractivity contribution is 5.35. The predicted molar refractivity (Wildman–Crippen MR) is 70.1 cm³/mol. The first-order chi connectivity index (χ1) is 8.02. The van der Waals surface area contributed by atoms with Gasteiger partial charge < -0.3 is 10.2 Å². The average Bonchev–Trinajstić information content (AvgIpc) is 2.62. The van der Waals surface area contributed by atoms with Crippen LogP contribution in [-0.2, 0) is 6.54 Å². The van der Waals surface area contributed by atoms with Gasteiger partial charge in [-0.15, -0.1) is 0 Å². The first-order valence-electron chi connectivity index (χ1n) is 6.24. The van der Waals surface area contributed by atoms with Gasteiger partial charge in [-0.1, -0.05) is 13.8 Å². The van der Waals surface area contributed by atoms with Crippen molar-refractivity contribution in [3.8, 4) is 0 Å². The van der Waals surface area contributed by atoms with E-state index in [1.165, 1.54) is 12.0 Å². The molecule has 2 rings (SSSR count). The maximum absolute atomic E-state index is 4.61. The molecule has 1 aromatic rings. The molecular formula is C13H22N4. The molecule has 1 aromatic heterocycles. The van der Waals surface area contributed by atoms with Crippen LogP contribution in [0, 0.1) is 12.3 Å². The van der Waals surface area contributed by atoms with Gasteiger partial charge in [-0.05, 0) is 25.8 Å². The zero-order chi connectivity index (χ0) is 12.5. The Kier molecular flexibility index (Phi) is 3.33. The molecule has 0 radical (unpaired) electrons. The van der Waals surface area contributed by atoms with Crippen LogP contribution in [0.15, 0.2) is 6.20 Å². The average molecular weight is 234 g/mol. The van der Waals surface area contributed by atoms with Gasteiger partial charge in [0.05, 0.1) is 0 Å². The molecule has 0 aromatic carbocycles. The molecule has 17 heavy (non-hydrogen) atoms. The zero-order valence-electron chi connectivity index (χ0n) is 11.2. The van der Waals surface area contributed by atoms with Crippen molar-refractivity contribution in [2.24, 2.45) is 5.41 Å². The van der Waals surface area contributed by atoms with Crippen LogP contribution in [0.2, 0.25) is 0 Å². The SMILES string of the molecule is CNCc1cnc(N2CCC(C)(C)C2)nc1C. The van der Waals surface area contributed by atoms with Crippen molar-refractivity contribution >= 4 is 5.95 Å². The molecule has 1 N–H and O–H groups in total. The van der Waals surface area contributed by atoms with Gasteiger partial charge in [-0.25, -0.2) is 9.97 Å². The normalized spacial score (nSPS) is 18.7. The molecule has 0 saturated carbocycles. The molecule has 0 unspecified atom stereocenters. The van der Waals surface area contributed by atoms with E-state index in [1.807, 2.05) is 13.2 Å². The van der Waals surface area contributed by atoms with E-state index >= 15 is 0 Å². The van der Waals surface area contributed by atoms with Crippen LogP contribution in [0.5, 0.6) is 0 Å². The molecular weight excluding hydrogens is 212 g/mol. The summed E-state index contributed by atoms with van der Waals surface area (Å²) < 4.78 is 0. The van der Waals surface area contributed by atoms with Crippen molar-refractivity contribution in [3.63, 3.8) is 0 Å². The van der Waals surface area contributed by atoms with Gasteiger partial charge in [0.1, 0.15) is 0 Å². The fourth-order valence-corrected chi connectivity index (χ4v) is 2.28. The quantitative estimate of drug-likeness (QED) is 0.865. The highest BCUT2D eigenvalue weighted by atomic mass is 15.3.